The molecule has 37 heavy (non-hydrogen) atoms. The Morgan fingerprint density at radius 1 is 0.973 bits per heavy atom. The van der Waals surface area contributed by atoms with Gasteiger partial charge in [-0.05, 0) is 43.0 Å². The number of nitrogen functional groups attached to an aromatic ring is 1. The average molecular weight is 523 g/mol. The summed E-state index contributed by atoms with van der Waals surface area (Å²) in [6.07, 6.45) is 5.31. The summed E-state index contributed by atoms with van der Waals surface area (Å²) in [7, 11) is 0. The zero-order valence-corrected chi connectivity index (χ0v) is 21.5. The monoisotopic (exact) mass is 522 g/mol. The van der Waals surface area contributed by atoms with Gasteiger partial charge in [0.25, 0.3) is 0 Å². The number of benzene rings is 2. The summed E-state index contributed by atoms with van der Waals surface area (Å²) in [4.78, 5) is 9.78. The van der Waals surface area contributed by atoms with Crippen molar-refractivity contribution in [1.82, 2.24) is 9.97 Å². The van der Waals surface area contributed by atoms with Crippen LogP contribution in [0.1, 0.15) is 20.3 Å². The van der Waals surface area contributed by atoms with Crippen LogP contribution in [-0.4, -0.2) is 22.7 Å². The van der Waals surface area contributed by atoms with E-state index in [1.165, 1.54) is 28.9 Å². The summed E-state index contributed by atoms with van der Waals surface area (Å²) in [5.41, 5.74) is 14.3. The Bertz CT molecular complexity index is 1400. The third-order valence-electron chi connectivity index (χ3n) is 5.21. The molecule has 0 fully saturated rings. The van der Waals surface area contributed by atoms with Crippen LogP contribution in [-0.2, 0) is 0 Å². The first-order valence-electron chi connectivity index (χ1n) is 11.7. The fourth-order valence-electron chi connectivity index (χ4n) is 3.46. The van der Waals surface area contributed by atoms with Crippen molar-refractivity contribution in [2.75, 3.05) is 12.3 Å². The summed E-state index contributed by atoms with van der Waals surface area (Å²) < 4.78 is 36.3. The van der Waals surface area contributed by atoms with Gasteiger partial charge in [-0.25, -0.2) is 4.98 Å². The first kappa shape index (κ1) is 27.8. The lowest BCUT2D eigenvalue weighted by molar-refractivity contribution is -0.0881. The van der Waals surface area contributed by atoms with Crippen molar-refractivity contribution >= 4 is 27.2 Å². The Morgan fingerprint density at radius 3 is 2.41 bits per heavy atom. The molecule has 0 amide bonds. The maximum absolute atomic E-state index is 12.1. The number of allylic oxidation sites excluding steroid dienone is 6. The predicted octanol–water partition coefficient (Wildman–Crippen LogP) is 7.95. The van der Waals surface area contributed by atoms with Gasteiger partial charge in [0, 0.05) is 23.3 Å². The van der Waals surface area contributed by atoms with Crippen molar-refractivity contribution in [1.29, 1.82) is 0 Å². The molecule has 2 aromatic heterocycles. The van der Waals surface area contributed by atoms with E-state index in [-0.39, 0.29) is 0 Å². The summed E-state index contributed by atoms with van der Waals surface area (Å²) >= 11 is 1.52. The SMILES string of the molecule is CC1=CC=C(C(F)(F)F)C=CC1.CCN.Nc1nc(-c2ccccc2)c(-c2ccc3cnccc3c2)s1. The van der Waals surface area contributed by atoms with Crippen LogP contribution >= 0.6 is 11.3 Å². The largest absolute Gasteiger partial charge is 0.416 e. The summed E-state index contributed by atoms with van der Waals surface area (Å²) in [5.74, 6) is 0. The smallest absolute Gasteiger partial charge is 0.375 e. The predicted molar refractivity (Wildman–Crippen MR) is 149 cm³/mol. The molecule has 8 heteroatoms. The molecular weight excluding hydrogens is 493 g/mol. The maximum Gasteiger partial charge on any atom is 0.416 e. The first-order chi connectivity index (χ1) is 17.7. The van der Waals surface area contributed by atoms with E-state index in [9.17, 15) is 13.2 Å². The molecule has 0 saturated heterocycles. The molecule has 2 heterocycles. The van der Waals surface area contributed by atoms with E-state index in [0.29, 0.717) is 11.6 Å². The van der Waals surface area contributed by atoms with Gasteiger partial charge in [0.2, 0.25) is 0 Å². The highest BCUT2D eigenvalue weighted by atomic mass is 32.1. The Kier molecular flexibility index (Phi) is 9.77. The number of nitrogens with two attached hydrogens (primary N) is 2. The molecule has 2 aromatic carbocycles. The van der Waals surface area contributed by atoms with Gasteiger partial charge in [0.15, 0.2) is 5.13 Å². The molecule has 4 nitrogen and oxygen atoms in total. The van der Waals surface area contributed by atoms with Crippen molar-refractivity contribution in [3.05, 3.63) is 102 Å². The Balaban J connectivity index is 0.000000215. The minimum atomic E-state index is -4.22. The van der Waals surface area contributed by atoms with Crippen molar-refractivity contribution in [2.24, 2.45) is 5.73 Å². The molecule has 5 rings (SSSR count). The van der Waals surface area contributed by atoms with Crippen LogP contribution in [0, 0.1) is 0 Å². The van der Waals surface area contributed by atoms with Gasteiger partial charge in [-0.15, -0.1) is 0 Å². The molecule has 0 atom stereocenters. The molecule has 0 saturated carbocycles. The van der Waals surface area contributed by atoms with Crippen molar-refractivity contribution in [3.8, 4) is 21.7 Å². The lowest BCUT2D eigenvalue weighted by atomic mass is 10.0. The first-order valence-corrected chi connectivity index (χ1v) is 12.5. The Labute approximate surface area is 218 Å². The summed E-state index contributed by atoms with van der Waals surface area (Å²) in [5, 5.41) is 2.88. The van der Waals surface area contributed by atoms with Crippen LogP contribution in [0.4, 0.5) is 18.3 Å². The van der Waals surface area contributed by atoms with Crippen molar-refractivity contribution in [2.45, 2.75) is 26.4 Å². The van der Waals surface area contributed by atoms with Crippen LogP contribution in [0.2, 0.25) is 0 Å². The number of pyridine rings is 1. The molecule has 1 aliphatic carbocycles. The van der Waals surface area contributed by atoms with Crippen LogP contribution in [0.25, 0.3) is 32.5 Å². The van der Waals surface area contributed by atoms with Gasteiger partial charge >= 0.3 is 6.18 Å². The molecule has 192 valence electrons. The summed E-state index contributed by atoms with van der Waals surface area (Å²) in [6.45, 7) is 4.46. The highest BCUT2D eigenvalue weighted by Gasteiger charge is 2.31. The topological polar surface area (TPSA) is 77.8 Å². The Hall–Kier alpha value is -3.75. The lowest BCUT2D eigenvalue weighted by Crippen LogP contribution is -2.09. The number of fused-ring (bicyclic) bond motifs is 1. The minimum absolute atomic E-state index is 0.584. The van der Waals surface area contributed by atoms with E-state index in [1.54, 1.807) is 6.92 Å². The van der Waals surface area contributed by atoms with Gasteiger partial charge in [-0.3, -0.25) is 4.98 Å². The molecule has 0 spiro atoms. The third kappa shape index (κ3) is 7.87. The van der Waals surface area contributed by atoms with E-state index in [4.69, 9.17) is 11.5 Å². The van der Waals surface area contributed by atoms with E-state index < -0.39 is 11.7 Å². The van der Waals surface area contributed by atoms with Gasteiger partial charge in [-0.2, -0.15) is 13.2 Å². The number of hydrogen-bond donors (Lipinski definition) is 2. The molecule has 1 aliphatic rings. The van der Waals surface area contributed by atoms with Crippen molar-refractivity contribution in [3.63, 3.8) is 0 Å². The van der Waals surface area contributed by atoms with Crippen molar-refractivity contribution < 1.29 is 13.2 Å². The van der Waals surface area contributed by atoms with Gasteiger partial charge in [0.05, 0.1) is 16.1 Å². The third-order valence-corrected chi connectivity index (χ3v) is 6.14. The number of aromatic nitrogens is 2. The van der Waals surface area contributed by atoms with Crippen LogP contribution in [0.3, 0.4) is 0 Å². The number of anilines is 1. The number of rotatable bonds is 2. The van der Waals surface area contributed by atoms with E-state index in [0.717, 1.165) is 51.4 Å². The number of nitrogens with zero attached hydrogens (tertiary/aromatic N) is 2. The molecule has 4 N–H and O–H groups in total. The number of alkyl halides is 3. The lowest BCUT2D eigenvalue weighted by Gasteiger charge is -2.04. The molecule has 0 radical (unpaired) electrons. The number of hydrogen-bond acceptors (Lipinski definition) is 5. The molecule has 0 bridgehead atoms. The average Bonchev–Trinajstić information content (AvgIpc) is 3.13. The second-order valence-corrected chi connectivity index (χ2v) is 9.21. The normalized spacial score (nSPS) is 12.9. The van der Waals surface area contributed by atoms with Crippen LogP contribution in [0.5, 0.6) is 0 Å². The second kappa shape index (κ2) is 13.0. The highest BCUT2D eigenvalue weighted by Crippen LogP contribution is 2.38. The fourth-order valence-corrected chi connectivity index (χ4v) is 4.32. The standard InChI is InChI=1S/C18H13N3S.C9H9F3.C2H7N/c19-18-21-16(12-4-2-1-3-5-12)17(22-18)14-6-7-15-11-20-9-8-13(15)10-14;1-7-3-2-4-8(6-5-7)9(10,11)12;1-2-3/h1-11H,(H2,19,21);2,4-6H,3H2,1H3;2-3H2,1H3. The van der Waals surface area contributed by atoms with E-state index >= 15 is 0 Å². The zero-order valence-electron chi connectivity index (χ0n) is 20.7. The molecule has 4 aromatic rings. The summed E-state index contributed by atoms with van der Waals surface area (Å²) in [6, 6.07) is 18.5. The molecular formula is C29H29F3N4S. The van der Waals surface area contributed by atoms with Gasteiger partial charge < -0.3 is 11.5 Å². The van der Waals surface area contributed by atoms with Gasteiger partial charge in [-0.1, -0.05) is 90.6 Å². The second-order valence-electron chi connectivity index (χ2n) is 8.18. The number of halogens is 3. The zero-order chi connectivity index (χ0) is 26.8. The molecule has 0 aliphatic heterocycles. The highest BCUT2D eigenvalue weighted by molar-refractivity contribution is 7.19. The fraction of sp³-hybridized carbons (Fsp3) is 0.172. The van der Waals surface area contributed by atoms with Crippen LogP contribution in [0.15, 0.2) is 102 Å². The van der Waals surface area contributed by atoms with Crippen LogP contribution < -0.4 is 11.5 Å². The maximum atomic E-state index is 12.1. The minimum Gasteiger partial charge on any atom is -0.375 e. The number of thiazole rings is 1. The Morgan fingerprint density at radius 2 is 1.70 bits per heavy atom. The van der Waals surface area contributed by atoms with E-state index in [1.807, 2.05) is 43.6 Å². The molecule has 0 unspecified atom stereocenters. The van der Waals surface area contributed by atoms with E-state index in [2.05, 4.69) is 40.3 Å². The quantitative estimate of drug-likeness (QED) is 0.280. The van der Waals surface area contributed by atoms with Gasteiger partial charge in [0.1, 0.15) is 0 Å².